The predicted molar refractivity (Wildman–Crippen MR) is 121 cm³/mol. The van der Waals surface area contributed by atoms with Gasteiger partial charge in [-0.25, -0.2) is 9.20 Å². The van der Waals surface area contributed by atoms with Gasteiger partial charge in [0.05, 0.1) is 11.9 Å². The van der Waals surface area contributed by atoms with Crippen LogP contribution in [0.15, 0.2) is 88.6 Å². The number of hydrogen-bond donors (Lipinski definition) is 1. The summed E-state index contributed by atoms with van der Waals surface area (Å²) in [7, 11) is 0. The Bertz CT molecular complexity index is 1420. The fourth-order valence-corrected chi connectivity index (χ4v) is 4.21. The zero-order chi connectivity index (χ0) is 20.7. The van der Waals surface area contributed by atoms with E-state index >= 15 is 0 Å². The number of aromatic nitrogens is 3. The molecule has 30 heavy (non-hydrogen) atoms. The first-order valence-electron chi connectivity index (χ1n) is 9.59. The normalized spacial score (nSPS) is 11.4. The Morgan fingerprint density at radius 1 is 0.900 bits per heavy atom. The molecule has 0 aliphatic rings. The van der Waals surface area contributed by atoms with E-state index in [2.05, 4.69) is 4.98 Å². The van der Waals surface area contributed by atoms with Crippen molar-refractivity contribution in [3.05, 3.63) is 94.8 Å². The monoisotopic (exact) mass is 413 g/mol. The van der Waals surface area contributed by atoms with Gasteiger partial charge in [-0.05, 0) is 30.0 Å². The molecule has 0 amide bonds. The third-order valence-electron chi connectivity index (χ3n) is 5.25. The van der Waals surface area contributed by atoms with Crippen LogP contribution in [0.2, 0.25) is 0 Å². The minimum Gasteiger partial charge on any atom is -0.492 e. The highest BCUT2D eigenvalue weighted by atomic mass is 32.2. The molecule has 0 atom stereocenters. The molecular formula is C24H19N3O2S. The molecule has 5 nitrogen and oxygen atoms in total. The molecule has 148 valence electrons. The molecule has 0 aliphatic carbocycles. The quantitative estimate of drug-likeness (QED) is 0.430. The first kappa shape index (κ1) is 18.5. The second-order valence-corrected chi connectivity index (χ2v) is 7.92. The molecule has 0 radical (unpaired) electrons. The summed E-state index contributed by atoms with van der Waals surface area (Å²) in [6.07, 6.45) is 2.02. The van der Waals surface area contributed by atoms with Crippen LogP contribution in [0.5, 0.6) is 5.88 Å². The van der Waals surface area contributed by atoms with Crippen molar-refractivity contribution in [2.24, 2.45) is 0 Å². The van der Waals surface area contributed by atoms with Gasteiger partial charge in [-0.2, -0.15) is 4.98 Å². The lowest BCUT2D eigenvalue weighted by molar-refractivity contribution is 0.462. The summed E-state index contributed by atoms with van der Waals surface area (Å²) < 4.78 is 3.40. The van der Waals surface area contributed by atoms with Crippen molar-refractivity contribution in [3.63, 3.8) is 0 Å². The van der Waals surface area contributed by atoms with E-state index < -0.39 is 0 Å². The molecule has 3 aromatic carbocycles. The van der Waals surface area contributed by atoms with E-state index in [4.69, 9.17) is 0 Å². The van der Waals surface area contributed by atoms with E-state index in [0.29, 0.717) is 28.7 Å². The number of hydrogen-bond acceptors (Lipinski definition) is 4. The highest BCUT2D eigenvalue weighted by Gasteiger charge is 2.20. The fraction of sp³-hybridized carbons (Fsp3) is 0.0833. The zero-order valence-corrected chi connectivity index (χ0v) is 17.1. The SMILES string of the molecule is CSc1ccc(-c2nc(O)c3c4ccccc4c(=O)n(Cc4ccccc4)n23)cc1. The summed E-state index contributed by atoms with van der Waals surface area (Å²) >= 11 is 1.66. The first-order valence-corrected chi connectivity index (χ1v) is 10.8. The highest BCUT2D eigenvalue weighted by molar-refractivity contribution is 7.98. The number of imidazole rings is 1. The van der Waals surface area contributed by atoms with Crippen LogP contribution in [0, 0.1) is 0 Å². The van der Waals surface area contributed by atoms with E-state index in [1.54, 1.807) is 27.0 Å². The smallest absolute Gasteiger partial charge is 0.273 e. The lowest BCUT2D eigenvalue weighted by Gasteiger charge is -2.14. The predicted octanol–water partition coefficient (Wildman–Crippen LogP) is 4.79. The molecule has 6 heteroatoms. The molecule has 2 heterocycles. The maximum Gasteiger partial charge on any atom is 0.273 e. The molecule has 5 rings (SSSR count). The van der Waals surface area contributed by atoms with Gasteiger partial charge in [-0.15, -0.1) is 11.8 Å². The number of benzene rings is 3. The maximum absolute atomic E-state index is 13.5. The lowest BCUT2D eigenvalue weighted by atomic mass is 10.1. The second kappa shape index (κ2) is 7.39. The molecule has 1 N–H and O–H groups in total. The Morgan fingerprint density at radius 3 is 2.27 bits per heavy atom. The first-order chi connectivity index (χ1) is 14.7. The molecule has 0 fully saturated rings. The van der Waals surface area contributed by atoms with E-state index in [1.165, 1.54) is 0 Å². The Morgan fingerprint density at radius 2 is 1.57 bits per heavy atom. The second-order valence-electron chi connectivity index (χ2n) is 7.04. The Labute approximate surface area is 177 Å². The van der Waals surface area contributed by atoms with Crippen LogP contribution in [0.4, 0.5) is 0 Å². The van der Waals surface area contributed by atoms with Crippen LogP contribution >= 0.6 is 11.8 Å². The third-order valence-corrected chi connectivity index (χ3v) is 5.99. The zero-order valence-electron chi connectivity index (χ0n) is 16.3. The van der Waals surface area contributed by atoms with E-state index in [-0.39, 0.29) is 11.4 Å². The topological polar surface area (TPSA) is 59.5 Å². The number of aromatic hydroxyl groups is 1. The van der Waals surface area contributed by atoms with Crippen LogP contribution in [0.1, 0.15) is 5.56 Å². The minimum atomic E-state index is -0.124. The van der Waals surface area contributed by atoms with Gasteiger partial charge in [0.25, 0.3) is 5.56 Å². The Hall–Kier alpha value is -3.51. The van der Waals surface area contributed by atoms with Gasteiger partial charge in [0.2, 0.25) is 5.88 Å². The van der Waals surface area contributed by atoms with Crippen LogP contribution < -0.4 is 5.56 Å². The van der Waals surface area contributed by atoms with Crippen LogP contribution in [-0.4, -0.2) is 25.5 Å². The maximum atomic E-state index is 13.5. The number of fused-ring (bicyclic) bond motifs is 3. The standard InChI is InChI=1S/C24H19N3O2S/c1-30-18-13-11-17(12-14-18)22-25-23(28)21-19-9-5-6-10-20(19)24(29)26(27(21)22)15-16-7-3-2-4-8-16/h2-14,28H,15H2,1H3. The molecule has 0 saturated heterocycles. The summed E-state index contributed by atoms with van der Waals surface area (Å²) in [5.74, 6) is 0.450. The summed E-state index contributed by atoms with van der Waals surface area (Å²) in [4.78, 5) is 19.1. The Kier molecular flexibility index (Phi) is 4.56. The number of thioether (sulfide) groups is 1. The molecule has 5 aromatic rings. The molecule has 2 aromatic heterocycles. The van der Waals surface area contributed by atoms with Gasteiger partial charge in [0.15, 0.2) is 5.82 Å². The summed E-state index contributed by atoms with van der Waals surface area (Å²) in [5, 5.41) is 12.0. The van der Waals surface area contributed by atoms with Crippen molar-refractivity contribution in [1.29, 1.82) is 0 Å². The van der Waals surface area contributed by atoms with Gasteiger partial charge in [-0.1, -0.05) is 60.7 Å². The van der Waals surface area contributed by atoms with Crippen LogP contribution in [0.25, 0.3) is 27.7 Å². The van der Waals surface area contributed by atoms with Crippen molar-refractivity contribution in [2.75, 3.05) is 6.26 Å². The molecule has 0 unspecified atom stereocenters. The lowest BCUT2D eigenvalue weighted by Crippen LogP contribution is -2.27. The molecule has 0 saturated carbocycles. The average Bonchev–Trinajstić information content (AvgIpc) is 3.14. The largest absolute Gasteiger partial charge is 0.492 e. The summed E-state index contributed by atoms with van der Waals surface area (Å²) in [6.45, 7) is 0.368. The van der Waals surface area contributed by atoms with Crippen molar-refractivity contribution in [2.45, 2.75) is 11.4 Å². The van der Waals surface area contributed by atoms with Gasteiger partial charge in [0, 0.05) is 15.8 Å². The number of rotatable bonds is 4. The molecular weight excluding hydrogens is 394 g/mol. The fourth-order valence-electron chi connectivity index (χ4n) is 3.80. The third kappa shape index (κ3) is 2.97. The van der Waals surface area contributed by atoms with Gasteiger partial charge in [0.1, 0.15) is 5.52 Å². The Balaban J connectivity index is 1.87. The summed E-state index contributed by atoms with van der Waals surface area (Å²) in [5.41, 5.74) is 2.24. The molecule has 0 bridgehead atoms. The molecule has 0 spiro atoms. The van der Waals surface area contributed by atoms with Crippen molar-refractivity contribution in [3.8, 4) is 17.3 Å². The van der Waals surface area contributed by atoms with Gasteiger partial charge >= 0.3 is 0 Å². The average molecular weight is 414 g/mol. The summed E-state index contributed by atoms with van der Waals surface area (Å²) in [6, 6.07) is 25.1. The van der Waals surface area contributed by atoms with E-state index in [0.717, 1.165) is 16.0 Å². The van der Waals surface area contributed by atoms with E-state index in [9.17, 15) is 9.90 Å². The van der Waals surface area contributed by atoms with E-state index in [1.807, 2.05) is 79.1 Å². The van der Waals surface area contributed by atoms with Crippen molar-refractivity contribution < 1.29 is 5.11 Å². The molecule has 0 aliphatic heterocycles. The number of nitrogens with zero attached hydrogens (tertiary/aromatic N) is 3. The van der Waals surface area contributed by atoms with Crippen molar-refractivity contribution in [1.82, 2.24) is 14.2 Å². The van der Waals surface area contributed by atoms with Gasteiger partial charge < -0.3 is 5.11 Å². The minimum absolute atomic E-state index is 0.0862. The van der Waals surface area contributed by atoms with Crippen molar-refractivity contribution >= 4 is 28.1 Å². The highest BCUT2D eigenvalue weighted by Crippen LogP contribution is 2.31. The van der Waals surface area contributed by atoms with Crippen LogP contribution in [0.3, 0.4) is 0 Å². The van der Waals surface area contributed by atoms with Crippen LogP contribution in [-0.2, 0) is 6.54 Å². The van der Waals surface area contributed by atoms with Gasteiger partial charge in [-0.3, -0.25) is 4.79 Å².